The molecule has 0 saturated carbocycles. The summed E-state index contributed by atoms with van der Waals surface area (Å²) in [6, 6.07) is 0.807. The number of rotatable bonds is 3. The molecule has 26 heavy (non-hydrogen) atoms. The van der Waals surface area contributed by atoms with Crippen molar-refractivity contribution >= 4 is 34.7 Å². The fourth-order valence-electron chi connectivity index (χ4n) is 2.76. The minimum Gasteiger partial charge on any atom is -0.393 e. The van der Waals surface area contributed by atoms with Gasteiger partial charge < -0.3 is 16.0 Å². The van der Waals surface area contributed by atoms with E-state index in [0.29, 0.717) is 23.6 Å². The van der Waals surface area contributed by atoms with Gasteiger partial charge in [-0.15, -0.1) is 0 Å². The highest BCUT2D eigenvalue weighted by molar-refractivity contribution is 6.33. The summed E-state index contributed by atoms with van der Waals surface area (Å²) in [7, 11) is 0. The molecule has 3 N–H and O–H groups in total. The Hall–Kier alpha value is -2.29. The van der Waals surface area contributed by atoms with E-state index in [0.717, 1.165) is 32.0 Å². The summed E-state index contributed by atoms with van der Waals surface area (Å²) in [6.07, 6.45) is -0.374. The van der Waals surface area contributed by atoms with Gasteiger partial charge in [0.15, 0.2) is 11.6 Å². The zero-order valence-electron chi connectivity index (χ0n) is 14.0. The monoisotopic (exact) mass is 386 g/mol. The van der Waals surface area contributed by atoms with Gasteiger partial charge in [0.1, 0.15) is 17.8 Å². The van der Waals surface area contributed by atoms with Crippen LogP contribution in [0.5, 0.6) is 0 Å². The van der Waals surface area contributed by atoms with Crippen molar-refractivity contribution in [3.63, 3.8) is 0 Å². The van der Waals surface area contributed by atoms with Crippen molar-refractivity contribution in [2.24, 2.45) is 5.92 Å². The third-order valence-electron chi connectivity index (χ3n) is 4.35. The largest absolute Gasteiger partial charge is 0.417 e. The average molecular weight is 387 g/mol. The average Bonchev–Trinajstić information content (AvgIpc) is 2.58. The Bertz CT molecular complexity index is 790. The third kappa shape index (κ3) is 3.92. The molecular weight excluding hydrogens is 369 g/mol. The van der Waals surface area contributed by atoms with Crippen molar-refractivity contribution in [1.82, 2.24) is 15.0 Å². The van der Waals surface area contributed by atoms with Crippen LogP contribution in [0.4, 0.5) is 36.3 Å². The summed E-state index contributed by atoms with van der Waals surface area (Å²) >= 11 is 5.92. The third-order valence-corrected chi connectivity index (χ3v) is 4.64. The van der Waals surface area contributed by atoms with Crippen LogP contribution in [-0.4, -0.2) is 28.0 Å². The van der Waals surface area contributed by atoms with E-state index in [2.05, 4.69) is 32.1 Å². The van der Waals surface area contributed by atoms with Crippen molar-refractivity contribution in [1.29, 1.82) is 0 Å². The smallest absolute Gasteiger partial charge is 0.393 e. The van der Waals surface area contributed by atoms with E-state index in [4.69, 9.17) is 17.3 Å². The van der Waals surface area contributed by atoms with Crippen molar-refractivity contribution in [2.45, 2.75) is 25.9 Å². The van der Waals surface area contributed by atoms with Crippen LogP contribution in [-0.2, 0) is 6.18 Å². The quantitative estimate of drug-likeness (QED) is 0.826. The van der Waals surface area contributed by atoms with E-state index < -0.39 is 11.7 Å². The van der Waals surface area contributed by atoms with Crippen LogP contribution in [0, 0.1) is 5.92 Å². The molecule has 6 nitrogen and oxygen atoms in total. The molecule has 10 heteroatoms. The Balaban J connectivity index is 1.84. The molecule has 3 heterocycles. The van der Waals surface area contributed by atoms with E-state index in [1.165, 1.54) is 6.33 Å². The van der Waals surface area contributed by atoms with Crippen molar-refractivity contribution < 1.29 is 13.2 Å². The first-order chi connectivity index (χ1) is 12.3. The molecule has 3 rings (SSSR count). The van der Waals surface area contributed by atoms with Crippen LogP contribution in [0.25, 0.3) is 0 Å². The second kappa shape index (κ2) is 7.14. The number of nitrogens with two attached hydrogens (primary N) is 1. The molecule has 2 aromatic heterocycles. The molecule has 1 aliphatic heterocycles. The Morgan fingerprint density at radius 2 is 1.88 bits per heavy atom. The lowest BCUT2D eigenvalue weighted by Crippen LogP contribution is -2.34. The number of hydrogen-bond donors (Lipinski definition) is 2. The van der Waals surface area contributed by atoms with Gasteiger partial charge in [0.05, 0.1) is 10.6 Å². The molecule has 0 spiro atoms. The normalized spacial score (nSPS) is 16.0. The number of anilines is 4. The second-order valence-corrected chi connectivity index (χ2v) is 6.71. The minimum atomic E-state index is -4.51. The van der Waals surface area contributed by atoms with Crippen molar-refractivity contribution in [3.05, 3.63) is 29.2 Å². The van der Waals surface area contributed by atoms with E-state index in [-0.39, 0.29) is 16.7 Å². The van der Waals surface area contributed by atoms with Gasteiger partial charge in [0, 0.05) is 19.3 Å². The molecule has 0 aromatic carbocycles. The first-order valence-corrected chi connectivity index (χ1v) is 8.48. The SMILES string of the molecule is CC1CCN(c2ncnc(Nc3ncc(C(F)(F)F)cc3Cl)c2N)CC1. The summed E-state index contributed by atoms with van der Waals surface area (Å²) in [5, 5.41) is 2.62. The summed E-state index contributed by atoms with van der Waals surface area (Å²) in [4.78, 5) is 14.1. The number of nitrogen functional groups attached to an aromatic ring is 1. The zero-order valence-corrected chi connectivity index (χ0v) is 14.8. The van der Waals surface area contributed by atoms with Gasteiger partial charge in [0.25, 0.3) is 0 Å². The Morgan fingerprint density at radius 1 is 1.19 bits per heavy atom. The van der Waals surface area contributed by atoms with Crippen molar-refractivity contribution in [3.8, 4) is 0 Å². The predicted octanol–water partition coefficient (Wildman–Crippen LogP) is 4.11. The number of aromatic nitrogens is 3. The van der Waals surface area contributed by atoms with Crippen LogP contribution in [0.2, 0.25) is 5.02 Å². The van der Waals surface area contributed by atoms with Crippen LogP contribution >= 0.6 is 11.6 Å². The van der Waals surface area contributed by atoms with Crippen LogP contribution in [0.15, 0.2) is 18.6 Å². The minimum absolute atomic E-state index is 0.0447. The van der Waals surface area contributed by atoms with Gasteiger partial charge in [-0.25, -0.2) is 15.0 Å². The number of alkyl halides is 3. The van der Waals surface area contributed by atoms with E-state index in [1.807, 2.05) is 0 Å². The van der Waals surface area contributed by atoms with Crippen LogP contribution in [0.3, 0.4) is 0 Å². The highest BCUT2D eigenvalue weighted by Crippen LogP contribution is 2.35. The molecular formula is C16H18ClF3N6. The lowest BCUT2D eigenvalue weighted by molar-refractivity contribution is -0.137. The predicted molar refractivity (Wildman–Crippen MR) is 94.6 cm³/mol. The topological polar surface area (TPSA) is 80.0 Å². The molecule has 1 saturated heterocycles. The first-order valence-electron chi connectivity index (χ1n) is 8.11. The lowest BCUT2D eigenvalue weighted by Gasteiger charge is -2.32. The van der Waals surface area contributed by atoms with Gasteiger partial charge in [-0.05, 0) is 24.8 Å². The maximum atomic E-state index is 12.7. The number of nitrogens with one attached hydrogen (secondary N) is 1. The molecule has 0 aliphatic carbocycles. The second-order valence-electron chi connectivity index (χ2n) is 6.31. The Morgan fingerprint density at radius 3 is 2.50 bits per heavy atom. The maximum Gasteiger partial charge on any atom is 0.417 e. The summed E-state index contributed by atoms with van der Waals surface area (Å²) in [5.74, 6) is 1.55. The fraction of sp³-hybridized carbons (Fsp3) is 0.438. The molecule has 1 fully saturated rings. The maximum absolute atomic E-state index is 12.7. The fourth-order valence-corrected chi connectivity index (χ4v) is 2.97. The number of hydrogen-bond acceptors (Lipinski definition) is 6. The molecule has 1 aliphatic rings. The first kappa shape index (κ1) is 18.5. The number of nitrogens with zero attached hydrogens (tertiary/aromatic N) is 4. The summed E-state index contributed by atoms with van der Waals surface area (Å²) in [5.41, 5.74) is 5.55. The number of halogens is 4. The van der Waals surface area contributed by atoms with Crippen LogP contribution in [0.1, 0.15) is 25.3 Å². The van der Waals surface area contributed by atoms with Crippen LogP contribution < -0.4 is 16.0 Å². The van der Waals surface area contributed by atoms with Gasteiger partial charge in [-0.2, -0.15) is 13.2 Å². The van der Waals surface area contributed by atoms with Gasteiger partial charge in [-0.3, -0.25) is 0 Å². The van der Waals surface area contributed by atoms with Gasteiger partial charge >= 0.3 is 6.18 Å². The Labute approximate surface area is 153 Å². The highest BCUT2D eigenvalue weighted by atomic mass is 35.5. The number of piperidine rings is 1. The summed E-state index contributed by atoms with van der Waals surface area (Å²) in [6.45, 7) is 3.87. The Kier molecular flexibility index (Phi) is 5.08. The molecule has 0 bridgehead atoms. The number of pyridine rings is 1. The molecule has 0 unspecified atom stereocenters. The molecule has 140 valence electrons. The van der Waals surface area contributed by atoms with E-state index in [1.54, 1.807) is 0 Å². The van der Waals surface area contributed by atoms with E-state index in [9.17, 15) is 13.2 Å². The van der Waals surface area contributed by atoms with Crippen molar-refractivity contribution in [2.75, 3.05) is 29.0 Å². The summed E-state index contributed by atoms with van der Waals surface area (Å²) < 4.78 is 38.1. The van der Waals surface area contributed by atoms with Gasteiger partial charge in [-0.1, -0.05) is 18.5 Å². The van der Waals surface area contributed by atoms with E-state index >= 15 is 0 Å². The lowest BCUT2D eigenvalue weighted by atomic mass is 9.99. The molecule has 2 aromatic rings. The molecule has 0 amide bonds. The molecule has 0 atom stereocenters. The standard InChI is InChI=1S/C16H18ClF3N6/c1-9-2-4-26(5-3-9)15-12(21)14(23-8-24-15)25-13-11(17)6-10(7-22-13)16(18,19)20/h6-9H,2-5,21H2,1H3,(H,22,23,24,25). The zero-order chi connectivity index (χ0) is 18.9. The molecule has 0 radical (unpaired) electrons. The highest BCUT2D eigenvalue weighted by Gasteiger charge is 2.31. The van der Waals surface area contributed by atoms with Gasteiger partial charge in [0.2, 0.25) is 0 Å².